The second-order valence-electron chi connectivity index (χ2n) is 4.99. The van der Waals surface area contributed by atoms with Crippen LogP contribution in [0.1, 0.15) is 6.92 Å². The summed E-state index contributed by atoms with van der Waals surface area (Å²) >= 11 is 1.42. The summed E-state index contributed by atoms with van der Waals surface area (Å²) in [6.07, 6.45) is 0. The van der Waals surface area contributed by atoms with Crippen LogP contribution in [0.15, 0.2) is 29.6 Å². The van der Waals surface area contributed by atoms with Gasteiger partial charge in [-0.2, -0.15) is 4.98 Å². The third kappa shape index (κ3) is 3.42. The van der Waals surface area contributed by atoms with Crippen LogP contribution in [0.25, 0.3) is 16.2 Å². The molecule has 0 saturated carbocycles. The zero-order chi connectivity index (χ0) is 17.1. The summed E-state index contributed by atoms with van der Waals surface area (Å²) in [6, 6.07) is 7.41. The maximum atomic E-state index is 11.5. The summed E-state index contributed by atoms with van der Waals surface area (Å²) in [4.78, 5) is 27.5. The molecule has 0 spiro atoms. The Labute approximate surface area is 141 Å². The van der Waals surface area contributed by atoms with Crippen LogP contribution >= 0.6 is 11.3 Å². The van der Waals surface area contributed by atoms with E-state index in [1.165, 1.54) is 25.4 Å². The zero-order valence-corrected chi connectivity index (χ0v) is 13.9. The molecule has 0 radical (unpaired) electrons. The molecule has 2 amide bonds. The second-order valence-corrected chi connectivity index (χ2v) is 5.83. The lowest BCUT2D eigenvalue weighted by Crippen LogP contribution is -2.18. The van der Waals surface area contributed by atoms with E-state index in [1.54, 1.807) is 4.52 Å². The van der Waals surface area contributed by atoms with E-state index in [-0.39, 0.29) is 24.4 Å². The van der Waals surface area contributed by atoms with Gasteiger partial charge in [-0.15, -0.1) is 16.4 Å². The summed E-state index contributed by atoms with van der Waals surface area (Å²) in [5.74, 6) is -0.189. The molecule has 0 saturated heterocycles. The highest BCUT2D eigenvalue weighted by atomic mass is 32.1. The van der Waals surface area contributed by atoms with Crippen molar-refractivity contribution in [2.24, 2.45) is 0 Å². The average Bonchev–Trinajstić information content (AvgIpc) is 3.07. The van der Waals surface area contributed by atoms with E-state index in [2.05, 4.69) is 20.7 Å². The number of hydrogen-bond acceptors (Lipinski definition) is 6. The van der Waals surface area contributed by atoms with Crippen LogP contribution < -0.4 is 10.6 Å². The van der Waals surface area contributed by atoms with E-state index in [9.17, 15) is 9.59 Å². The molecule has 2 heterocycles. The number of rotatable bonds is 5. The Balaban J connectivity index is 1.85. The van der Waals surface area contributed by atoms with Gasteiger partial charge in [-0.1, -0.05) is 12.1 Å². The summed E-state index contributed by atoms with van der Waals surface area (Å²) in [5.41, 5.74) is 2.50. The normalized spacial score (nSPS) is 10.8. The molecular weight excluding hydrogens is 330 g/mol. The lowest BCUT2D eigenvalue weighted by Gasteiger charge is -2.03. The number of anilines is 2. The van der Waals surface area contributed by atoms with Gasteiger partial charge in [-0.05, 0) is 12.1 Å². The highest BCUT2D eigenvalue weighted by molar-refractivity contribution is 7.15. The fraction of sp³-hybridized carbons (Fsp3) is 0.200. The van der Waals surface area contributed by atoms with E-state index in [4.69, 9.17) is 4.74 Å². The Morgan fingerprint density at radius 3 is 2.67 bits per heavy atom. The molecule has 1 aromatic carbocycles. The molecule has 3 rings (SSSR count). The lowest BCUT2D eigenvalue weighted by atomic mass is 10.1. The zero-order valence-electron chi connectivity index (χ0n) is 13.1. The van der Waals surface area contributed by atoms with Crippen molar-refractivity contribution in [3.05, 3.63) is 29.6 Å². The Bertz CT molecular complexity index is 884. The van der Waals surface area contributed by atoms with Gasteiger partial charge in [0.15, 0.2) is 0 Å². The minimum atomic E-state index is -0.308. The van der Waals surface area contributed by atoms with Crippen molar-refractivity contribution >= 4 is 39.7 Å². The SMILES string of the molecule is COCC(=O)Nc1nc2scc(-c3ccc(NC(C)=O)cc3)n2n1. The van der Waals surface area contributed by atoms with Crippen LogP contribution in [-0.4, -0.2) is 40.1 Å². The van der Waals surface area contributed by atoms with Gasteiger partial charge >= 0.3 is 0 Å². The number of amides is 2. The predicted molar refractivity (Wildman–Crippen MR) is 91.1 cm³/mol. The maximum absolute atomic E-state index is 11.5. The summed E-state index contributed by atoms with van der Waals surface area (Å²) in [5, 5.41) is 11.5. The number of nitrogens with zero attached hydrogens (tertiary/aromatic N) is 3. The Morgan fingerprint density at radius 2 is 2.00 bits per heavy atom. The van der Waals surface area contributed by atoms with E-state index in [0.29, 0.717) is 4.96 Å². The monoisotopic (exact) mass is 345 g/mol. The van der Waals surface area contributed by atoms with E-state index >= 15 is 0 Å². The number of hydrogen-bond donors (Lipinski definition) is 2. The van der Waals surface area contributed by atoms with E-state index < -0.39 is 0 Å². The molecule has 2 N–H and O–H groups in total. The van der Waals surface area contributed by atoms with Gasteiger partial charge in [0, 0.05) is 30.7 Å². The van der Waals surface area contributed by atoms with Crippen molar-refractivity contribution in [2.45, 2.75) is 6.92 Å². The number of benzene rings is 1. The van der Waals surface area contributed by atoms with Crippen LogP contribution in [0.5, 0.6) is 0 Å². The largest absolute Gasteiger partial charge is 0.375 e. The van der Waals surface area contributed by atoms with Crippen molar-refractivity contribution in [3.63, 3.8) is 0 Å². The molecule has 9 heteroatoms. The summed E-state index contributed by atoms with van der Waals surface area (Å²) in [6.45, 7) is 1.41. The Hall–Kier alpha value is -2.78. The van der Waals surface area contributed by atoms with Gasteiger partial charge in [0.25, 0.3) is 11.9 Å². The minimum Gasteiger partial charge on any atom is -0.375 e. The number of thiazole rings is 1. The quantitative estimate of drug-likeness (QED) is 0.737. The number of methoxy groups -OCH3 is 1. The molecule has 0 fully saturated rings. The number of nitrogens with one attached hydrogen (secondary N) is 2. The Morgan fingerprint density at radius 1 is 1.25 bits per heavy atom. The first-order chi connectivity index (χ1) is 11.6. The standard InChI is InChI=1S/C15H15N5O3S/c1-9(21)16-11-5-3-10(4-6-11)12-8-24-15-18-14(19-20(12)15)17-13(22)7-23-2/h3-6,8H,7H2,1-2H3,(H,16,21)(H,17,19,22). The molecule has 124 valence electrons. The van der Waals surface area contributed by atoms with Gasteiger partial charge < -0.3 is 10.1 Å². The molecule has 24 heavy (non-hydrogen) atoms. The van der Waals surface area contributed by atoms with Gasteiger partial charge in [0.05, 0.1) is 5.69 Å². The first-order valence-corrected chi connectivity index (χ1v) is 7.96. The third-order valence-corrected chi connectivity index (χ3v) is 3.93. The fourth-order valence-electron chi connectivity index (χ4n) is 2.15. The van der Waals surface area contributed by atoms with Crippen LogP contribution in [0.4, 0.5) is 11.6 Å². The van der Waals surface area contributed by atoms with E-state index in [0.717, 1.165) is 16.9 Å². The molecule has 0 bridgehead atoms. The highest BCUT2D eigenvalue weighted by Gasteiger charge is 2.13. The van der Waals surface area contributed by atoms with Crippen LogP contribution in [-0.2, 0) is 14.3 Å². The van der Waals surface area contributed by atoms with Gasteiger partial charge in [0.1, 0.15) is 6.61 Å². The minimum absolute atomic E-state index is 0.0513. The topological polar surface area (TPSA) is 97.6 Å². The number of carbonyl (C=O) groups excluding carboxylic acids is 2. The maximum Gasteiger partial charge on any atom is 0.252 e. The molecule has 0 atom stereocenters. The predicted octanol–water partition coefficient (Wildman–Crippen LogP) is 2.00. The number of carbonyl (C=O) groups is 2. The fourth-order valence-corrected chi connectivity index (χ4v) is 2.98. The number of aromatic nitrogens is 3. The third-order valence-electron chi connectivity index (χ3n) is 3.11. The molecule has 2 aromatic heterocycles. The second kappa shape index (κ2) is 6.77. The van der Waals surface area contributed by atoms with Crippen molar-refractivity contribution in [1.82, 2.24) is 14.6 Å². The molecule has 0 aliphatic rings. The lowest BCUT2D eigenvalue weighted by molar-refractivity contribution is -0.119. The first kappa shape index (κ1) is 16.1. The molecule has 8 nitrogen and oxygen atoms in total. The van der Waals surface area contributed by atoms with Crippen LogP contribution in [0.2, 0.25) is 0 Å². The van der Waals surface area contributed by atoms with E-state index in [1.807, 2.05) is 29.6 Å². The smallest absolute Gasteiger partial charge is 0.252 e. The Kier molecular flexibility index (Phi) is 4.54. The van der Waals surface area contributed by atoms with Crippen molar-refractivity contribution in [3.8, 4) is 11.3 Å². The number of ether oxygens (including phenoxy) is 1. The van der Waals surface area contributed by atoms with Crippen LogP contribution in [0.3, 0.4) is 0 Å². The molecule has 0 aliphatic carbocycles. The first-order valence-electron chi connectivity index (χ1n) is 7.08. The summed E-state index contributed by atoms with van der Waals surface area (Å²) in [7, 11) is 1.45. The van der Waals surface area contributed by atoms with Gasteiger partial charge in [-0.3, -0.25) is 14.9 Å². The van der Waals surface area contributed by atoms with Crippen molar-refractivity contribution in [2.75, 3.05) is 24.4 Å². The molecule has 3 aromatic rings. The van der Waals surface area contributed by atoms with Crippen molar-refractivity contribution in [1.29, 1.82) is 0 Å². The molecule has 0 unspecified atom stereocenters. The average molecular weight is 345 g/mol. The van der Waals surface area contributed by atoms with Gasteiger partial charge in [0.2, 0.25) is 10.9 Å². The highest BCUT2D eigenvalue weighted by Crippen LogP contribution is 2.26. The van der Waals surface area contributed by atoms with Crippen LogP contribution in [0, 0.1) is 0 Å². The molecular formula is C15H15N5O3S. The summed E-state index contributed by atoms with van der Waals surface area (Å²) < 4.78 is 6.43. The van der Waals surface area contributed by atoms with Gasteiger partial charge in [-0.25, -0.2) is 4.52 Å². The van der Waals surface area contributed by atoms with Crippen molar-refractivity contribution < 1.29 is 14.3 Å². The molecule has 0 aliphatic heterocycles. The number of fused-ring (bicyclic) bond motifs is 1.